The number of anilines is 1. The summed E-state index contributed by atoms with van der Waals surface area (Å²) in [6.07, 6.45) is 1.66. The van der Waals surface area contributed by atoms with Crippen molar-refractivity contribution in [2.24, 2.45) is 5.11 Å². The average molecular weight is 233 g/mol. The van der Waals surface area contributed by atoms with E-state index in [1.807, 2.05) is 17.5 Å². The van der Waals surface area contributed by atoms with Gasteiger partial charge in [-0.15, -0.1) is 11.3 Å². The van der Waals surface area contributed by atoms with Crippen molar-refractivity contribution in [1.82, 2.24) is 4.98 Å². The van der Waals surface area contributed by atoms with Gasteiger partial charge in [-0.3, -0.25) is 9.78 Å². The van der Waals surface area contributed by atoms with Crippen LogP contribution in [0.5, 0.6) is 0 Å². The van der Waals surface area contributed by atoms with Gasteiger partial charge < -0.3 is 5.32 Å². The van der Waals surface area contributed by atoms with Crippen molar-refractivity contribution in [2.75, 3.05) is 11.9 Å². The topological polar surface area (TPSA) is 90.8 Å². The van der Waals surface area contributed by atoms with Crippen LogP contribution in [0, 0.1) is 0 Å². The number of carbonyl (C=O) groups is 1. The molecule has 0 aromatic carbocycles. The molecular formula is C9H7N5OS. The molecule has 2 rings (SSSR count). The lowest BCUT2D eigenvalue weighted by Crippen LogP contribution is -2.13. The minimum atomic E-state index is -0.344. The first-order valence-corrected chi connectivity index (χ1v) is 5.32. The first kappa shape index (κ1) is 10.4. The lowest BCUT2D eigenvalue weighted by atomic mass is 10.3. The molecule has 7 heteroatoms. The van der Waals surface area contributed by atoms with Gasteiger partial charge in [-0.2, -0.15) is 0 Å². The monoisotopic (exact) mass is 233 g/mol. The Bertz CT molecular complexity index is 572. The van der Waals surface area contributed by atoms with E-state index < -0.39 is 0 Å². The number of hydrogen-bond donors (Lipinski definition) is 1. The highest BCUT2D eigenvalue weighted by molar-refractivity contribution is 7.17. The Hall–Kier alpha value is -2.11. The summed E-state index contributed by atoms with van der Waals surface area (Å²) < 4.78 is 1.00. The van der Waals surface area contributed by atoms with E-state index in [0.29, 0.717) is 5.69 Å². The Kier molecular flexibility index (Phi) is 3.00. The molecule has 0 fully saturated rings. The van der Waals surface area contributed by atoms with Crippen molar-refractivity contribution in [2.45, 2.75) is 0 Å². The number of rotatable bonds is 3. The van der Waals surface area contributed by atoms with E-state index in [1.54, 1.807) is 6.20 Å². The van der Waals surface area contributed by atoms with Crippen molar-refractivity contribution in [1.29, 1.82) is 0 Å². The van der Waals surface area contributed by atoms with Gasteiger partial charge in [0, 0.05) is 16.5 Å². The number of fused-ring (bicyclic) bond motifs is 1. The number of nitrogens with one attached hydrogen (secondary N) is 1. The van der Waals surface area contributed by atoms with Crippen molar-refractivity contribution in [3.8, 4) is 0 Å². The summed E-state index contributed by atoms with van der Waals surface area (Å²) in [4.78, 5) is 18.0. The molecule has 0 saturated heterocycles. The van der Waals surface area contributed by atoms with Gasteiger partial charge in [0.2, 0.25) is 5.91 Å². The van der Waals surface area contributed by atoms with Crippen molar-refractivity contribution in [3.05, 3.63) is 34.2 Å². The number of amides is 1. The number of aromatic nitrogens is 1. The lowest BCUT2D eigenvalue weighted by Gasteiger charge is -1.99. The first-order valence-electron chi connectivity index (χ1n) is 4.44. The van der Waals surface area contributed by atoms with Crippen LogP contribution in [0.3, 0.4) is 0 Å². The molecule has 2 heterocycles. The molecule has 16 heavy (non-hydrogen) atoms. The lowest BCUT2D eigenvalue weighted by molar-refractivity contribution is -0.114. The third-order valence-electron chi connectivity index (χ3n) is 1.88. The second-order valence-corrected chi connectivity index (χ2v) is 3.85. The fourth-order valence-corrected chi connectivity index (χ4v) is 2.09. The minimum Gasteiger partial charge on any atom is -0.323 e. The van der Waals surface area contributed by atoms with E-state index in [2.05, 4.69) is 20.3 Å². The molecule has 0 aliphatic rings. The van der Waals surface area contributed by atoms with Gasteiger partial charge in [0.1, 0.15) is 12.1 Å². The van der Waals surface area contributed by atoms with Gasteiger partial charge >= 0.3 is 0 Å². The van der Waals surface area contributed by atoms with E-state index in [-0.39, 0.29) is 12.5 Å². The van der Waals surface area contributed by atoms with Crippen LogP contribution in [-0.4, -0.2) is 17.4 Å². The van der Waals surface area contributed by atoms with Crippen LogP contribution in [0.25, 0.3) is 20.7 Å². The number of hydrogen-bond acceptors (Lipinski definition) is 4. The zero-order valence-corrected chi connectivity index (χ0v) is 8.94. The average Bonchev–Trinajstić information content (AvgIpc) is 2.70. The van der Waals surface area contributed by atoms with Crippen molar-refractivity contribution < 1.29 is 4.79 Å². The molecule has 1 N–H and O–H groups in total. The number of thiophene rings is 1. The molecule has 0 atom stereocenters. The Morgan fingerprint density at radius 2 is 2.56 bits per heavy atom. The normalized spacial score (nSPS) is 9.75. The van der Waals surface area contributed by atoms with Crippen molar-refractivity contribution in [3.63, 3.8) is 0 Å². The fourth-order valence-electron chi connectivity index (χ4n) is 1.24. The summed E-state index contributed by atoms with van der Waals surface area (Å²) >= 11 is 1.50. The maximum Gasteiger partial charge on any atom is 0.230 e. The van der Waals surface area contributed by atoms with E-state index in [0.717, 1.165) is 10.2 Å². The highest BCUT2D eigenvalue weighted by Crippen LogP contribution is 2.27. The van der Waals surface area contributed by atoms with Crippen molar-refractivity contribution >= 4 is 33.1 Å². The Balaban J connectivity index is 2.21. The Morgan fingerprint density at radius 1 is 1.69 bits per heavy atom. The van der Waals surface area contributed by atoms with Crippen LogP contribution in [0.15, 0.2) is 28.8 Å². The largest absolute Gasteiger partial charge is 0.323 e. The van der Waals surface area contributed by atoms with Gasteiger partial charge in [0.15, 0.2) is 0 Å². The molecule has 2 aromatic rings. The summed E-state index contributed by atoms with van der Waals surface area (Å²) in [5.41, 5.74) is 9.48. The molecule has 2 aromatic heterocycles. The van der Waals surface area contributed by atoms with Gasteiger partial charge in [0.25, 0.3) is 0 Å². The van der Waals surface area contributed by atoms with Crippen LogP contribution in [0.1, 0.15) is 0 Å². The molecule has 0 spiro atoms. The van der Waals surface area contributed by atoms with Gasteiger partial charge in [0.05, 0.1) is 10.4 Å². The zero-order chi connectivity index (χ0) is 11.4. The Labute approximate surface area is 94.5 Å². The summed E-state index contributed by atoms with van der Waals surface area (Å²) in [6, 6.07) is 3.76. The number of carbonyl (C=O) groups excluding carboxylic acids is 1. The highest BCUT2D eigenvalue weighted by atomic mass is 32.1. The van der Waals surface area contributed by atoms with E-state index in [9.17, 15) is 4.79 Å². The van der Waals surface area contributed by atoms with Crippen LogP contribution in [-0.2, 0) is 4.79 Å². The standard InChI is InChI=1S/C9H7N5OS/c10-14-12-4-8(15)13-6-5-16-7-2-1-3-11-9(6)7/h1-3,5H,4H2,(H,13,15). The molecule has 0 aliphatic heterocycles. The van der Waals surface area contributed by atoms with E-state index in [4.69, 9.17) is 5.53 Å². The number of nitrogens with zero attached hydrogens (tertiary/aromatic N) is 4. The maximum absolute atomic E-state index is 11.3. The predicted octanol–water partition coefficient (Wildman–Crippen LogP) is 2.55. The van der Waals surface area contributed by atoms with Crippen LogP contribution >= 0.6 is 11.3 Å². The third kappa shape index (κ3) is 2.10. The van der Waals surface area contributed by atoms with Crippen LogP contribution < -0.4 is 5.32 Å². The molecule has 0 aliphatic carbocycles. The molecular weight excluding hydrogens is 226 g/mol. The SMILES string of the molecule is [N-]=[N+]=NCC(=O)Nc1csc2cccnc12. The number of azide groups is 1. The molecule has 1 amide bonds. The van der Waals surface area contributed by atoms with Gasteiger partial charge in [-0.05, 0) is 17.7 Å². The van der Waals surface area contributed by atoms with E-state index in [1.165, 1.54) is 11.3 Å². The summed E-state index contributed by atoms with van der Waals surface area (Å²) in [6.45, 7) is -0.208. The second kappa shape index (κ2) is 4.61. The molecule has 0 radical (unpaired) electrons. The van der Waals surface area contributed by atoms with E-state index >= 15 is 0 Å². The summed E-state index contributed by atoms with van der Waals surface area (Å²) in [7, 11) is 0. The zero-order valence-electron chi connectivity index (χ0n) is 8.12. The van der Waals surface area contributed by atoms with Crippen LogP contribution in [0.2, 0.25) is 0 Å². The first-order chi connectivity index (χ1) is 7.81. The summed E-state index contributed by atoms with van der Waals surface area (Å²) in [5, 5.41) is 7.64. The summed E-state index contributed by atoms with van der Waals surface area (Å²) in [5.74, 6) is -0.344. The molecule has 80 valence electrons. The van der Waals surface area contributed by atoms with Crippen LogP contribution in [0.4, 0.5) is 5.69 Å². The quantitative estimate of drug-likeness (QED) is 0.501. The third-order valence-corrected chi connectivity index (χ3v) is 2.82. The molecule has 0 saturated carbocycles. The minimum absolute atomic E-state index is 0.208. The molecule has 0 unspecified atom stereocenters. The predicted molar refractivity (Wildman–Crippen MR) is 62.3 cm³/mol. The second-order valence-electron chi connectivity index (χ2n) is 2.94. The fraction of sp³-hybridized carbons (Fsp3) is 0.111. The van der Waals surface area contributed by atoms with Gasteiger partial charge in [-0.25, -0.2) is 0 Å². The molecule has 6 nitrogen and oxygen atoms in total. The van der Waals surface area contributed by atoms with Gasteiger partial charge in [-0.1, -0.05) is 5.11 Å². The Morgan fingerprint density at radius 3 is 3.38 bits per heavy atom. The molecule has 0 bridgehead atoms. The number of pyridine rings is 1. The smallest absolute Gasteiger partial charge is 0.230 e. The highest BCUT2D eigenvalue weighted by Gasteiger charge is 2.07. The maximum atomic E-state index is 11.3.